The van der Waals surface area contributed by atoms with Gasteiger partial charge >= 0.3 is 5.97 Å². The second kappa shape index (κ2) is 5.56. The first-order valence-corrected chi connectivity index (χ1v) is 6.07. The van der Waals surface area contributed by atoms with Gasteiger partial charge in [0, 0.05) is 25.1 Å². The molecular formula is C14H15N3O3. The SMILES string of the molecule is Cc1ccc(C(=O)O)cc1NC(=O)Cc1nccn1C. The van der Waals surface area contributed by atoms with Crippen molar-refractivity contribution in [1.82, 2.24) is 9.55 Å². The number of benzene rings is 1. The maximum absolute atomic E-state index is 12.0. The Labute approximate surface area is 116 Å². The van der Waals surface area contributed by atoms with Crippen LogP contribution in [0.2, 0.25) is 0 Å². The summed E-state index contributed by atoms with van der Waals surface area (Å²) in [6.45, 7) is 1.81. The van der Waals surface area contributed by atoms with Gasteiger partial charge in [0.25, 0.3) is 0 Å². The maximum Gasteiger partial charge on any atom is 0.335 e. The van der Waals surface area contributed by atoms with E-state index >= 15 is 0 Å². The number of nitrogens with zero attached hydrogens (tertiary/aromatic N) is 2. The van der Waals surface area contributed by atoms with E-state index < -0.39 is 5.97 Å². The number of carboxylic acid groups (broad SMARTS) is 1. The third-order valence-corrected chi connectivity index (χ3v) is 3.00. The fourth-order valence-corrected chi connectivity index (χ4v) is 1.79. The van der Waals surface area contributed by atoms with Crippen molar-refractivity contribution in [1.29, 1.82) is 0 Å². The molecule has 20 heavy (non-hydrogen) atoms. The zero-order chi connectivity index (χ0) is 14.7. The van der Waals surface area contributed by atoms with Gasteiger partial charge in [-0.2, -0.15) is 0 Å². The van der Waals surface area contributed by atoms with Gasteiger partial charge in [0.15, 0.2) is 0 Å². The molecule has 0 aliphatic carbocycles. The van der Waals surface area contributed by atoms with Crippen molar-refractivity contribution in [2.45, 2.75) is 13.3 Å². The van der Waals surface area contributed by atoms with Crippen LogP contribution in [0.5, 0.6) is 0 Å². The summed E-state index contributed by atoms with van der Waals surface area (Å²) in [6.07, 6.45) is 3.53. The minimum absolute atomic E-state index is 0.139. The highest BCUT2D eigenvalue weighted by Gasteiger charge is 2.11. The van der Waals surface area contributed by atoms with Gasteiger partial charge in [-0.3, -0.25) is 4.79 Å². The monoisotopic (exact) mass is 273 g/mol. The number of nitrogens with one attached hydrogen (secondary N) is 1. The van der Waals surface area contributed by atoms with Crippen LogP contribution < -0.4 is 5.32 Å². The Morgan fingerprint density at radius 1 is 1.40 bits per heavy atom. The number of carboxylic acids is 1. The first-order chi connectivity index (χ1) is 9.47. The standard InChI is InChI=1S/C14H15N3O3/c1-9-3-4-10(14(19)20)7-11(9)16-13(18)8-12-15-5-6-17(12)2/h3-7H,8H2,1-2H3,(H,16,18)(H,19,20). The van der Waals surface area contributed by atoms with Crippen molar-refractivity contribution in [2.24, 2.45) is 7.05 Å². The van der Waals surface area contributed by atoms with E-state index in [1.54, 1.807) is 23.0 Å². The molecule has 0 bridgehead atoms. The van der Waals surface area contributed by atoms with Gasteiger partial charge in [0.05, 0.1) is 12.0 Å². The summed E-state index contributed by atoms with van der Waals surface area (Å²) in [5, 5.41) is 11.7. The van der Waals surface area contributed by atoms with Crippen LogP contribution in [0.1, 0.15) is 21.7 Å². The number of aryl methyl sites for hydroxylation is 2. The molecule has 2 aromatic rings. The number of rotatable bonds is 4. The number of aromatic carboxylic acids is 1. The van der Waals surface area contributed by atoms with Crippen molar-refractivity contribution < 1.29 is 14.7 Å². The number of hydrogen-bond acceptors (Lipinski definition) is 3. The Kier molecular flexibility index (Phi) is 3.84. The van der Waals surface area contributed by atoms with Crippen molar-refractivity contribution in [3.05, 3.63) is 47.5 Å². The van der Waals surface area contributed by atoms with Gasteiger partial charge in [-0.05, 0) is 24.6 Å². The molecule has 0 fully saturated rings. The quantitative estimate of drug-likeness (QED) is 0.886. The van der Waals surface area contributed by atoms with E-state index in [1.165, 1.54) is 12.1 Å². The molecule has 6 nitrogen and oxygen atoms in total. The zero-order valence-electron chi connectivity index (χ0n) is 11.3. The molecule has 1 heterocycles. The van der Waals surface area contributed by atoms with Crippen molar-refractivity contribution >= 4 is 17.6 Å². The fourth-order valence-electron chi connectivity index (χ4n) is 1.79. The van der Waals surface area contributed by atoms with Crippen LogP contribution in [0.15, 0.2) is 30.6 Å². The molecule has 6 heteroatoms. The molecule has 0 unspecified atom stereocenters. The molecular weight excluding hydrogens is 258 g/mol. The molecule has 2 rings (SSSR count). The normalized spacial score (nSPS) is 10.3. The highest BCUT2D eigenvalue weighted by Crippen LogP contribution is 2.17. The van der Waals surface area contributed by atoms with Gasteiger partial charge in [-0.25, -0.2) is 9.78 Å². The highest BCUT2D eigenvalue weighted by atomic mass is 16.4. The number of anilines is 1. The zero-order valence-corrected chi connectivity index (χ0v) is 11.3. The maximum atomic E-state index is 12.0. The van der Waals surface area contributed by atoms with Gasteiger partial charge in [0.2, 0.25) is 5.91 Å². The molecule has 1 aromatic heterocycles. The van der Waals surface area contributed by atoms with Gasteiger partial charge in [-0.1, -0.05) is 6.07 Å². The van der Waals surface area contributed by atoms with Crippen LogP contribution in [0.4, 0.5) is 5.69 Å². The predicted octanol–water partition coefficient (Wildman–Crippen LogP) is 1.61. The van der Waals surface area contributed by atoms with Crippen LogP contribution in [0.3, 0.4) is 0 Å². The Balaban J connectivity index is 2.13. The minimum Gasteiger partial charge on any atom is -0.478 e. The van der Waals surface area contributed by atoms with Crippen LogP contribution >= 0.6 is 0 Å². The largest absolute Gasteiger partial charge is 0.478 e. The summed E-state index contributed by atoms with van der Waals surface area (Å²) in [5.41, 5.74) is 1.45. The van der Waals surface area contributed by atoms with Crippen molar-refractivity contribution in [2.75, 3.05) is 5.32 Å². The minimum atomic E-state index is -1.02. The number of amides is 1. The molecule has 0 aliphatic heterocycles. The van der Waals surface area contributed by atoms with E-state index in [4.69, 9.17) is 5.11 Å². The third-order valence-electron chi connectivity index (χ3n) is 3.00. The van der Waals surface area contributed by atoms with E-state index in [0.29, 0.717) is 11.5 Å². The topological polar surface area (TPSA) is 84.2 Å². The molecule has 104 valence electrons. The number of carbonyl (C=O) groups excluding carboxylic acids is 1. The second-order valence-electron chi connectivity index (χ2n) is 4.51. The summed E-state index contributed by atoms with van der Waals surface area (Å²) in [4.78, 5) is 27.0. The number of aromatic nitrogens is 2. The second-order valence-corrected chi connectivity index (χ2v) is 4.51. The Morgan fingerprint density at radius 2 is 2.15 bits per heavy atom. The van der Waals surface area contributed by atoms with Gasteiger partial charge in [0.1, 0.15) is 5.82 Å². The van der Waals surface area contributed by atoms with Gasteiger partial charge < -0.3 is 15.0 Å². The average molecular weight is 273 g/mol. The Bertz CT molecular complexity index is 661. The lowest BCUT2D eigenvalue weighted by molar-refractivity contribution is -0.115. The molecule has 0 saturated heterocycles. The van der Waals surface area contributed by atoms with E-state index in [0.717, 1.165) is 5.56 Å². The van der Waals surface area contributed by atoms with E-state index in [9.17, 15) is 9.59 Å². The summed E-state index contributed by atoms with van der Waals surface area (Å²) in [7, 11) is 1.81. The molecule has 0 aliphatic rings. The van der Waals surface area contributed by atoms with E-state index in [2.05, 4.69) is 10.3 Å². The van der Waals surface area contributed by atoms with E-state index in [1.807, 2.05) is 14.0 Å². The molecule has 0 spiro atoms. The number of carbonyl (C=O) groups is 2. The lowest BCUT2D eigenvalue weighted by atomic mass is 10.1. The molecule has 0 radical (unpaired) electrons. The fraction of sp³-hybridized carbons (Fsp3) is 0.214. The van der Waals surface area contributed by atoms with Crippen LogP contribution in [0.25, 0.3) is 0 Å². The summed E-state index contributed by atoms with van der Waals surface area (Å²) >= 11 is 0. The summed E-state index contributed by atoms with van der Waals surface area (Å²) < 4.78 is 1.76. The summed E-state index contributed by atoms with van der Waals surface area (Å²) in [5.74, 6) is -0.607. The molecule has 0 saturated carbocycles. The highest BCUT2D eigenvalue weighted by molar-refractivity contribution is 5.95. The third kappa shape index (κ3) is 3.03. The lowest BCUT2D eigenvalue weighted by Gasteiger charge is -2.09. The van der Waals surface area contributed by atoms with Crippen molar-refractivity contribution in [3.63, 3.8) is 0 Å². The van der Waals surface area contributed by atoms with Crippen molar-refractivity contribution in [3.8, 4) is 0 Å². The number of imidazole rings is 1. The smallest absolute Gasteiger partial charge is 0.335 e. The molecule has 2 N–H and O–H groups in total. The predicted molar refractivity (Wildman–Crippen MR) is 73.7 cm³/mol. The van der Waals surface area contributed by atoms with Gasteiger partial charge in [-0.15, -0.1) is 0 Å². The van der Waals surface area contributed by atoms with Crippen LogP contribution in [-0.2, 0) is 18.3 Å². The van der Waals surface area contributed by atoms with E-state index in [-0.39, 0.29) is 17.9 Å². The Morgan fingerprint density at radius 3 is 2.75 bits per heavy atom. The first kappa shape index (κ1) is 13.8. The van der Waals surface area contributed by atoms with Crippen LogP contribution in [-0.4, -0.2) is 26.5 Å². The first-order valence-electron chi connectivity index (χ1n) is 6.07. The molecule has 0 atom stereocenters. The Hall–Kier alpha value is -2.63. The molecule has 1 amide bonds. The van der Waals surface area contributed by atoms with Crippen LogP contribution in [0, 0.1) is 6.92 Å². The number of hydrogen-bond donors (Lipinski definition) is 2. The molecule has 1 aromatic carbocycles. The average Bonchev–Trinajstić information content (AvgIpc) is 2.77. The summed E-state index contributed by atoms with van der Waals surface area (Å²) in [6, 6.07) is 4.62. The lowest BCUT2D eigenvalue weighted by Crippen LogP contribution is -2.17.